The zero-order valence-electron chi connectivity index (χ0n) is 11.0. The molecule has 2 unspecified atom stereocenters. The van der Waals surface area contributed by atoms with E-state index in [0.29, 0.717) is 18.4 Å². The summed E-state index contributed by atoms with van der Waals surface area (Å²) < 4.78 is 0. The van der Waals surface area contributed by atoms with Crippen LogP contribution in [-0.2, 0) is 16.1 Å². The number of rotatable bonds is 4. The van der Waals surface area contributed by atoms with E-state index in [1.807, 2.05) is 6.08 Å². The van der Waals surface area contributed by atoms with Crippen molar-refractivity contribution in [1.29, 1.82) is 0 Å². The first-order valence-electron chi connectivity index (χ1n) is 6.52. The Bertz CT molecular complexity index is 538. The number of amides is 1. The summed E-state index contributed by atoms with van der Waals surface area (Å²) in [4.78, 5) is 23.3. The average Bonchev–Trinajstić information content (AvgIpc) is 2.46. The molecule has 1 aromatic rings. The molecule has 3 N–H and O–H groups in total. The number of benzene rings is 1. The molecule has 106 valence electrons. The van der Waals surface area contributed by atoms with Crippen LogP contribution in [0.1, 0.15) is 18.4 Å². The summed E-state index contributed by atoms with van der Waals surface area (Å²) in [7, 11) is 0. The minimum absolute atomic E-state index is 0.117. The molecular formula is C15H17NO4. The van der Waals surface area contributed by atoms with Crippen LogP contribution in [0.4, 0.5) is 0 Å². The Morgan fingerprint density at radius 3 is 2.45 bits per heavy atom. The van der Waals surface area contributed by atoms with Gasteiger partial charge in [0.2, 0.25) is 5.91 Å². The fourth-order valence-corrected chi connectivity index (χ4v) is 2.35. The van der Waals surface area contributed by atoms with E-state index in [4.69, 9.17) is 5.11 Å². The highest BCUT2D eigenvalue weighted by atomic mass is 16.4. The van der Waals surface area contributed by atoms with Gasteiger partial charge in [-0.05, 0) is 18.9 Å². The van der Waals surface area contributed by atoms with Gasteiger partial charge in [-0.15, -0.1) is 0 Å². The van der Waals surface area contributed by atoms with E-state index >= 15 is 0 Å². The Balaban J connectivity index is 1.99. The van der Waals surface area contributed by atoms with Gasteiger partial charge in [-0.3, -0.25) is 9.59 Å². The van der Waals surface area contributed by atoms with Gasteiger partial charge >= 0.3 is 5.97 Å². The Hall–Kier alpha value is -2.30. The van der Waals surface area contributed by atoms with Crippen LogP contribution in [0.3, 0.4) is 0 Å². The third-order valence-corrected chi connectivity index (χ3v) is 3.53. The number of nitrogens with one attached hydrogen (secondary N) is 1. The average molecular weight is 275 g/mol. The first kappa shape index (κ1) is 14.1. The summed E-state index contributed by atoms with van der Waals surface area (Å²) in [5, 5.41) is 21.4. The number of allylic oxidation sites excluding steroid dienone is 2. The van der Waals surface area contributed by atoms with Crippen LogP contribution in [0.2, 0.25) is 0 Å². The van der Waals surface area contributed by atoms with Crippen molar-refractivity contribution in [2.45, 2.75) is 19.4 Å². The molecule has 2 rings (SSSR count). The predicted octanol–water partition coefficient (Wildman–Crippen LogP) is 1.68. The third-order valence-electron chi connectivity index (χ3n) is 3.53. The summed E-state index contributed by atoms with van der Waals surface area (Å²) in [5.74, 6) is -2.35. The zero-order valence-corrected chi connectivity index (χ0v) is 11.0. The second-order valence-corrected chi connectivity index (χ2v) is 4.84. The number of hydrogen-bond acceptors (Lipinski definition) is 3. The molecule has 1 aliphatic carbocycles. The molecule has 2 atom stereocenters. The molecule has 0 aromatic heterocycles. The molecule has 0 radical (unpaired) electrons. The molecule has 1 aliphatic rings. The van der Waals surface area contributed by atoms with Crippen molar-refractivity contribution in [1.82, 2.24) is 5.32 Å². The van der Waals surface area contributed by atoms with E-state index in [9.17, 15) is 14.7 Å². The van der Waals surface area contributed by atoms with Crippen molar-refractivity contribution in [2.75, 3.05) is 0 Å². The van der Waals surface area contributed by atoms with Gasteiger partial charge in [-0.2, -0.15) is 0 Å². The van der Waals surface area contributed by atoms with Gasteiger partial charge in [-0.25, -0.2) is 0 Å². The lowest BCUT2D eigenvalue weighted by molar-refractivity contribution is -0.147. The van der Waals surface area contributed by atoms with Crippen LogP contribution in [0.5, 0.6) is 5.75 Å². The maximum absolute atomic E-state index is 12.1. The minimum Gasteiger partial charge on any atom is -0.508 e. The van der Waals surface area contributed by atoms with Crippen LogP contribution < -0.4 is 5.32 Å². The lowest BCUT2D eigenvalue weighted by atomic mass is 9.82. The fraction of sp³-hybridized carbons (Fsp3) is 0.333. The summed E-state index contributed by atoms with van der Waals surface area (Å²) in [6.45, 7) is 0.193. The second-order valence-electron chi connectivity index (χ2n) is 4.84. The highest BCUT2D eigenvalue weighted by Crippen LogP contribution is 2.26. The Morgan fingerprint density at radius 2 is 1.80 bits per heavy atom. The SMILES string of the molecule is O=C(O)C1CC=CCC1C(=O)NCc1ccccc1O. The molecule has 1 amide bonds. The Kier molecular flexibility index (Phi) is 4.40. The van der Waals surface area contributed by atoms with E-state index in [2.05, 4.69) is 5.32 Å². The zero-order chi connectivity index (χ0) is 14.5. The lowest BCUT2D eigenvalue weighted by Crippen LogP contribution is -2.38. The second kappa shape index (κ2) is 6.23. The first-order valence-corrected chi connectivity index (χ1v) is 6.52. The van der Waals surface area contributed by atoms with Crippen LogP contribution in [0, 0.1) is 11.8 Å². The molecule has 0 spiro atoms. The monoisotopic (exact) mass is 275 g/mol. The number of carboxylic acid groups (broad SMARTS) is 1. The number of phenols is 1. The molecule has 0 fully saturated rings. The Morgan fingerprint density at radius 1 is 1.15 bits per heavy atom. The molecule has 0 saturated carbocycles. The summed E-state index contributed by atoms with van der Waals surface area (Å²) >= 11 is 0. The number of phenolic OH excluding ortho intramolecular Hbond substituents is 1. The number of carboxylic acids is 1. The fourth-order valence-electron chi connectivity index (χ4n) is 2.35. The minimum atomic E-state index is -0.947. The van der Waals surface area contributed by atoms with Crippen molar-refractivity contribution in [3.63, 3.8) is 0 Å². The van der Waals surface area contributed by atoms with Gasteiger partial charge in [-0.1, -0.05) is 30.4 Å². The molecule has 0 heterocycles. The van der Waals surface area contributed by atoms with Crippen molar-refractivity contribution in [2.24, 2.45) is 11.8 Å². The van der Waals surface area contributed by atoms with E-state index in [1.165, 1.54) is 0 Å². The molecule has 1 aromatic carbocycles. The van der Waals surface area contributed by atoms with Crippen LogP contribution in [0.15, 0.2) is 36.4 Å². The summed E-state index contributed by atoms with van der Waals surface area (Å²) in [6.07, 6.45) is 4.45. The summed E-state index contributed by atoms with van der Waals surface area (Å²) in [6, 6.07) is 6.73. The van der Waals surface area contributed by atoms with E-state index in [0.717, 1.165) is 0 Å². The highest BCUT2D eigenvalue weighted by molar-refractivity contribution is 5.85. The van der Waals surface area contributed by atoms with E-state index < -0.39 is 17.8 Å². The van der Waals surface area contributed by atoms with Crippen molar-refractivity contribution in [3.05, 3.63) is 42.0 Å². The molecule has 0 bridgehead atoms. The Labute approximate surface area is 116 Å². The number of aromatic hydroxyl groups is 1. The standard InChI is InChI=1S/C15H17NO4/c17-13-8-4-1-5-10(13)9-16-14(18)11-6-2-3-7-12(11)15(19)20/h1-5,8,11-12,17H,6-7,9H2,(H,16,18)(H,19,20). The predicted molar refractivity (Wildman–Crippen MR) is 72.9 cm³/mol. The maximum Gasteiger partial charge on any atom is 0.307 e. The van der Waals surface area contributed by atoms with Crippen molar-refractivity contribution >= 4 is 11.9 Å². The van der Waals surface area contributed by atoms with Crippen molar-refractivity contribution < 1.29 is 19.8 Å². The highest BCUT2D eigenvalue weighted by Gasteiger charge is 2.33. The van der Waals surface area contributed by atoms with E-state index in [-0.39, 0.29) is 18.2 Å². The third kappa shape index (κ3) is 3.17. The lowest BCUT2D eigenvalue weighted by Gasteiger charge is -2.24. The molecule has 0 aliphatic heterocycles. The van der Waals surface area contributed by atoms with Gasteiger partial charge in [0.25, 0.3) is 0 Å². The maximum atomic E-state index is 12.1. The first-order chi connectivity index (χ1) is 9.59. The summed E-state index contributed by atoms with van der Waals surface area (Å²) in [5.41, 5.74) is 0.610. The molecule has 0 saturated heterocycles. The molecule has 5 heteroatoms. The largest absolute Gasteiger partial charge is 0.508 e. The smallest absolute Gasteiger partial charge is 0.307 e. The van der Waals surface area contributed by atoms with Crippen LogP contribution in [-0.4, -0.2) is 22.1 Å². The number of para-hydroxylation sites is 1. The topological polar surface area (TPSA) is 86.6 Å². The van der Waals surface area contributed by atoms with Crippen LogP contribution >= 0.6 is 0 Å². The van der Waals surface area contributed by atoms with Crippen LogP contribution in [0.25, 0.3) is 0 Å². The van der Waals surface area contributed by atoms with Gasteiger partial charge in [0, 0.05) is 12.1 Å². The number of carbonyl (C=O) groups is 2. The van der Waals surface area contributed by atoms with Gasteiger partial charge < -0.3 is 15.5 Å². The van der Waals surface area contributed by atoms with E-state index in [1.54, 1.807) is 30.3 Å². The van der Waals surface area contributed by atoms with Gasteiger partial charge in [0.1, 0.15) is 5.75 Å². The normalized spacial score (nSPS) is 21.4. The number of hydrogen-bond donors (Lipinski definition) is 3. The molecule has 5 nitrogen and oxygen atoms in total. The molecule has 20 heavy (non-hydrogen) atoms. The quantitative estimate of drug-likeness (QED) is 0.730. The van der Waals surface area contributed by atoms with Gasteiger partial charge in [0.15, 0.2) is 0 Å². The van der Waals surface area contributed by atoms with Crippen molar-refractivity contribution in [3.8, 4) is 5.75 Å². The van der Waals surface area contributed by atoms with Gasteiger partial charge in [0.05, 0.1) is 11.8 Å². The molecular weight excluding hydrogens is 258 g/mol. The number of aliphatic carboxylic acids is 1. The number of carbonyl (C=O) groups excluding carboxylic acids is 1.